The molecule has 0 heterocycles. The number of carbonyl (C=O) groups excluding carboxylic acids is 1. The second-order valence-corrected chi connectivity index (χ2v) is 4.13. The van der Waals surface area contributed by atoms with Gasteiger partial charge >= 0.3 is 0 Å². The number of hydrogen-bond acceptors (Lipinski definition) is 1. The summed E-state index contributed by atoms with van der Waals surface area (Å²) in [5, 5.41) is 2.45. The highest BCUT2D eigenvalue weighted by molar-refractivity contribution is 6.29. The van der Waals surface area contributed by atoms with Crippen LogP contribution in [-0.4, -0.2) is 11.5 Å². The molecule has 1 aliphatic rings. The van der Waals surface area contributed by atoms with Crippen molar-refractivity contribution in [2.45, 2.75) is 24.5 Å². The predicted molar refractivity (Wildman–Crippen MR) is 56.4 cm³/mol. The maximum absolute atomic E-state index is 13.0. The lowest BCUT2D eigenvalue weighted by Crippen LogP contribution is -2.31. The number of fused-ring (bicyclic) bond motifs is 1. The van der Waals surface area contributed by atoms with Crippen LogP contribution in [0, 0.1) is 5.82 Å². The highest BCUT2D eigenvalue weighted by Gasteiger charge is 2.26. The summed E-state index contributed by atoms with van der Waals surface area (Å²) in [5.74, 6) is -1.23. The van der Waals surface area contributed by atoms with E-state index in [9.17, 15) is 13.6 Å². The van der Waals surface area contributed by atoms with Crippen LogP contribution in [0.5, 0.6) is 0 Å². The number of halogens is 3. The quantitative estimate of drug-likeness (QED) is 0.797. The number of nitrogens with one attached hydrogen (secondary N) is 1. The number of amides is 1. The van der Waals surface area contributed by atoms with Crippen LogP contribution in [0.15, 0.2) is 18.2 Å². The monoisotopic (exact) mass is 245 g/mol. The fourth-order valence-electron chi connectivity index (χ4n) is 1.96. The molecular formula is C11H10ClF2NO. The predicted octanol–water partition coefficient (Wildman–Crippen LogP) is 2.46. The Hall–Kier alpha value is -1.16. The first-order chi connectivity index (χ1) is 7.58. The second-order valence-electron chi connectivity index (χ2n) is 3.74. The van der Waals surface area contributed by atoms with Gasteiger partial charge in [0.25, 0.3) is 11.5 Å². The van der Waals surface area contributed by atoms with Gasteiger partial charge in [-0.2, -0.15) is 0 Å². The number of rotatable bonds is 2. The van der Waals surface area contributed by atoms with Crippen molar-refractivity contribution < 1.29 is 13.6 Å². The number of aryl methyl sites for hydroxylation is 1. The van der Waals surface area contributed by atoms with Crippen LogP contribution in [0.2, 0.25) is 0 Å². The molecule has 0 aliphatic heterocycles. The van der Waals surface area contributed by atoms with E-state index in [0.717, 1.165) is 12.0 Å². The molecule has 2 nitrogen and oxygen atoms in total. The minimum absolute atomic E-state index is 0.338. The van der Waals surface area contributed by atoms with Crippen molar-refractivity contribution in [2.75, 3.05) is 0 Å². The zero-order chi connectivity index (χ0) is 11.7. The van der Waals surface area contributed by atoms with E-state index in [-0.39, 0.29) is 11.9 Å². The first-order valence-corrected chi connectivity index (χ1v) is 5.38. The standard InChI is InChI=1S/C11H10ClF2NO/c12-10(14)11(16)15-9-4-2-6-1-3-7(13)5-8(6)9/h1,3,5,9-10H,2,4H2,(H,15,16). The summed E-state index contributed by atoms with van der Waals surface area (Å²) < 4.78 is 25.5. The van der Waals surface area contributed by atoms with E-state index in [1.165, 1.54) is 12.1 Å². The average Bonchev–Trinajstić information content (AvgIpc) is 2.61. The summed E-state index contributed by atoms with van der Waals surface area (Å²) >= 11 is 5.01. The molecule has 0 saturated carbocycles. The molecule has 16 heavy (non-hydrogen) atoms. The number of hydrogen-bond donors (Lipinski definition) is 1. The lowest BCUT2D eigenvalue weighted by atomic mass is 10.1. The van der Waals surface area contributed by atoms with Crippen molar-refractivity contribution in [3.8, 4) is 0 Å². The summed E-state index contributed by atoms with van der Waals surface area (Å²) in [6, 6.07) is 4.09. The smallest absolute Gasteiger partial charge is 0.270 e. The minimum atomic E-state index is -2.06. The van der Waals surface area contributed by atoms with Gasteiger partial charge in [-0.1, -0.05) is 17.7 Å². The van der Waals surface area contributed by atoms with E-state index in [1.54, 1.807) is 6.07 Å². The van der Waals surface area contributed by atoms with Gasteiger partial charge in [-0.15, -0.1) is 0 Å². The first kappa shape index (κ1) is 11.3. The van der Waals surface area contributed by atoms with Crippen LogP contribution in [0.4, 0.5) is 8.78 Å². The largest absolute Gasteiger partial charge is 0.346 e. The average molecular weight is 246 g/mol. The summed E-state index contributed by atoms with van der Waals surface area (Å²) in [5.41, 5.74) is -0.361. The van der Waals surface area contributed by atoms with Crippen molar-refractivity contribution in [1.82, 2.24) is 5.32 Å². The molecule has 5 heteroatoms. The highest BCUT2D eigenvalue weighted by atomic mass is 35.5. The third-order valence-electron chi connectivity index (χ3n) is 2.70. The Balaban J connectivity index is 2.17. The normalized spacial score (nSPS) is 20.3. The van der Waals surface area contributed by atoms with Gasteiger partial charge in [-0.05, 0) is 36.1 Å². The van der Waals surface area contributed by atoms with Gasteiger partial charge in [0.1, 0.15) is 5.82 Å². The molecule has 0 aromatic heterocycles. The maximum atomic E-state index is 13.0. The van der Waals surface area contributed by atoms with Crippen molar-refractivity contribution in [3.63, 3.8) is 0 Å². The molecule has 1 aromatic rings. The van der Waals surface area contributed by atoms with E-state index in [1.807, 2.05) is 0 Å². The van der Waals surface area contributed by atoms with Crippen LogP contribution in [0.1, 0.15) is 23.6 Å². The van der Waals surface area contributed by atoms with Crippen LogP contribution >= 0.6 is 11.6 Å². The van der Waals surface area contributed by atoms with Gasteiger partial charge in [0.2, 0.25) is 0 Å². The maximum Gasteiger partial charge on any atom is 0.270 e. The van der Waals surface area contributed by atoms with Crippen molar-refractivity contribution in [2.24, 2.45) is 0 Å². The van der Waals surface area contributed by atoms with Crippen molar-refractivity contribution >= 4 is 17.5 Å². The van der Waals surface area contributed by atoms with Crippen LogP contribution in [0.25, 0.3) is 0 Å². The lowest BCUT2D eigenvalue weighted by molar-refractivity contribution is -0.124. The van der Waals surface area contributed by atoms with E-state index in [4.69, 9.17) is 11.6 Å². The van der Waals surface area contributed by atoms with Gasteiger partial charge in [-0.25, -0.2) is 8.78 Å². The lowest BCUT2D eigenvalue weighted by Gasteiger charge is -2.13. The number of carbonyl (C=O) groups is 1. The second kappa shape index (κ2) is 4.37. The molecule has 1 N–H and O–H groups in total. The Morgan fingerprint density at radius 3 is 3.00 bits per heavy atom. The van der Waals surface area contributed by atoms with Gasteiger partial charge < -0.3 is 5.32 Å². The Labute approximate surface area is 96.6 Å². The molecule has 2 atom stereocenters. The number of alkyl halides is 2. The molecule has 2 rings (SSSR count). The Morgan fingerprint density at radius 2 is 2.31 bits per heavy atom. The molecule has 1 amide bonds. The van der Waals surface area contributed by atoms with E-state index in [0.29, 0.717) is 12.0 Å². The van der Waals surface area contributed by atoms with Crippen LogP contribution < -0.4 is 5.32 Å². The summed E-state index contributed by atoms with van der Waals surface area (Å²) in [6.45, 7) is 0. The minimum Gasteiger partial charge on any atom is -0.346 e. The molecule has 0 bridgehead atoms. The van der Waals surface area contributed by atoms with Crippen LogP contribution in [0.3, 0.4) is 0 Å². The van der Waals surface area contributed by atoms with Crippen molar-refractivity contribution in [1.29, 1.82) is 0 Å². The molecule has 0 saturated heterocycles. The molecule has 1 aliphatic carbocycles. The molecule has 0 fully saturated rings. The van der Waals surface area contributed by atoms with Gasteiger partial charge in [0.15, 0.2) is 0 Å². The summed E-state index contributed by atoms with van der Waals surface area (Å²) in [6.07, 6.45) is 1.40. The zero-order valence-electron chi connectivity index (χ0n) is 8.34. The topological polar surface area (TPSA) is 29.1 Å². The van der Waals surface area contributed by atoms with Crippen LogP contribution in [-0.2, 0) is 11.2 Å². The molecule has 1 aromatic carbocycles. The van der Waals surface area contributed by atoms with Gasteiger partial charge in [-0.3, -0.25) is 4.79 Å². The summed E-state index contributed by atoms with van der Waals surface area (Å²) in [4.78, 5) is 11.1. The van der Waals surface area contributed by atoms with E-state index < -0.39 is 11.5 Å². The SMILES string of the molecule is O=C(NC1CCc2ccc(F)cc21)C(F)Cl. The third kappa shape index (κ3) is 2.16. The van der Waals surface area contributed by atoms with E-state index >= 15 is 0 Å². The molecule has 0 spiro atoms. The first-order valence-electron chi connectivity index (χ1n) is 4.95. The molecule has 86 valence electrons. The fourth-order valence-corrected chi connectivity index (χ4v) is 2.02. The zero-order valence-corrected chi connectivity index (χ0v) is 9.10. The molecule has 0 radical (unpaired) electrons. The molecule has 2 unspecified atom stereocenters. The van der Waals surface area contributed by atoms with Crippen molar-refractivity contribution in [3.05, 3.63) is 35.1 Å². The Bertz CT molecular complexity index is 422. The number of benzene rings is 1. The molecular weight excluding hydrogens is 236 g/mol. The summed E-state index contributed by atoms with van der Waals surface area (Å²) in [7, 11) is 0. The van der Waals surface area contributed by atoms with Gasteiger partial charge in [0.05, 0.1) is 6.04 Å². The van der Waals surface area contributed by atoms with Gasteiger partial charge in [0, 0.05) is 0 Å². The Kier molecular flexibility index (Phi) is 3.10. The fraction of sp³-hybridized carbons (Fsp3) is 0.364. The van der Waals surface area contributed by atoms with E-state index in [2.05, 4.69) is 5.32 Å². The Morgan fingerprint density at radius 1 is 1.56 bits per heavy atom. The third-order valence-corrected chi connectivity index (χ3v) is 2.90. The highest BCUT2D eigenvalue weighted by Crippen LogP contribution is 2.31.